The highest BCUT2D eigenvalue weighted by molar-refractivity contribution is 7.99. The molecule has 33 heavy (non-hydrogen) atoms. The zero-order valence-corrected chi connectivity index (χ0v) is 19.7. The number of aryl methyl sites for hydroxylation is 2. The van der Waals surface area contributed by atoms with Crippen molar-refractivity contribution in [2.75, 3.05) is 5.75 Å². The molecule has 3 aromatic heterocycles. The third-order valence-corrected chi connectivity index (χ3v) is 6.56. The van der Waals surface area contributed by atoms with Gasteiger partial charge in [-0.25, -0.2) is 4.39 Å². The summed E-state index contributed by atoms with van der Waals surface area (Å²) in [4.78, 5) is 13.1. The van der Waals surface area contributed by atoms with Crippen LogP contribution in [0, 0.1) is 26.6 Å². The van der Waals surface area contributed by atoms with Crippen LogP contribution in [0.2, 0.25) is 0 Å². The Labute approximate surface area is 196 Å². The van der Waals surface area contributed by atoms with E-state index in [0.717, 1.165) is 28.3 Å². The Kier molecular flexibility index (Phi) is 6.65. The molecular weight excluding hydrogens is 439 g/mol. The fourth-order valence-electron chi connectivity index (χ4n) is 3.81. The Hall–Kier alpha value is -3.39. The molecule has 0 saturated heterocycles. The average Bonchev–Trinajstić information content (AvgIpc) is 3.47. The third kappa shape index (κ3) is 4.71. The first-order valence-corrected chi connectivity index (χ1v) is 11.5. The van der Waals surface area contributed by atoms with Crippen molar-refractivity contribution in [1.82, 2.24) is 19.3 Å². The van der Waals surface area contributed by atoms with E-state index in [4.69, 9.17) is 4.42 Å². The van der Waals surface area contributed by atoms with E-state index >= 15 is 0 Å². The first-order valence-electron chi connectivity index (χ1n) is 10.5. The van der Waals surface area contributed by atoms with Gasteiger partial charge in [0, 0.05) is 30.0 Å². The molecule has 0 aliphatic rings. The Morgan fingerprint density at radius 2 is 1.91 bits per heavy atom. The summed E-state index contributed by atoms with van der Waals surface area (Å²) in [7, 11) is 0. The van der Waals surface area contributed by atoms with E-state index < -0.39 is 0 Å². The summed E-state index contributed by atoms with van der Waals surface area (Å²) in [5.74, 6) is 1.44. The molecule has 0 spiro atoms. The van der Waals surface area contributed by atoms with Crippen molar-refractivity contribution in [2.24, 2.45) is 0 Å². The van der Waals surface area contributed by atoms with Crippen molar-refractivity contribution in [1.29, 1.82) is 0 Å². The second-order valence-corrected chi connectivity index (χ2v) is 8.75. The number of halogens is 1. The second kappa shape index (κ2) is 9.62. The number of hydrogen-bond donors (Lipinski definition) is 0. The normalized spacial score (nSPS) is 11.2. The Morgan fingerprint density at radius 3 is 2.58 bits per heavy atom. The number of benzene rings is 1. The number of aromatic nitrogens is 4. The molecule has 0 radical (unpaired) electrons. The maximum Gasteiger partial charge on any atom is 0.192 e. The quantitative estimate of drug-likeness (QED) is 0.183. The molecule has 0 fully saturated rings. The summed E-state index contributed by atoms with van der Waals surface area (Å²) in [6.07, 6.45) is 3.40. The maximum atomic E-state index is 13.2. The number of carbonyl (C=O) groups is 1. The van der Waals surface area contributed by atoms with Gasteiger partial charge in [0.15, 0.2) is 16.8 Å². The Bertz CT molecular complexity index is 1300. The number of rotatable bonds is 9. The first kappa shape index (κ1) is 22.8. The number of furan rings is 1. The largest absolute Gasteiger partial charge is 0.469 e. The summed E-state index contributed by atoms with van der Waals surface area (Å²) in [5.41, 5.74) is 4.41. The van der Waals surface area contributed by atoms with Crippen LogP contribution >= 0.6 is 11.8 Å². The number of ketones is 1. The summed E-state index contributed by atoms with van der Waals surface area (Å²) in [6.45, 7) is 10.7. The lowest BCUT2D eigenvalue weighted by Crippen LogP contribution is -2.08. The van der Waals surface area contributed by atoms with Gasteiger partial charge in [0.2, 0.25) is 0 Å². The lowest BCUT2D eigenvalue weighted by Gasteiger charge is -2.10. The van der Waals surface area contributed by atoms with Crippen molar-refractivity contribution < 1.29 is 13.6 Å². The van der Waals surface area contributed by atoms with E-state index in [1.54, 1.807) is 24.5 Å². The van der Waals surface area contributed by atoms with Crippen molar-refractivity contribution in [3.63, 3.8) is 0 Å². The van der Waals surface area contributed by atoms with Gasteiger partial charge in [0.05, 0.1) is 17.6 Å². The minimum atomic E-state index is -0.261. The lowest BCUT2D eigenvalue weighted by molar-refractivity contribution is 0.102. The zero-order valence-electron chi connectivity index (χ0n) is 18.8. The third-order valence-electron chi connectivity index (χ3n) is 5.59. The second-order valence-electron chi connectivity index (χ2n) is 7.81. The topological polar surface area (TPSA) is 65.8 Å². The number of thioether (sulfide) groups is 1. The summed E-state index contributed by atoms with van der Waals surface area (Å²) < 4.78 is 22.6. The van der Waals surface area contributed by atoms with Gasteiger partial charge in [-0.15, -0.1) is 16.8 Å². The molecule has 3 heterocycles. The number of nitrogens with zero attached hydrogens (tertiary/aromatic N) is 4. The molecule has 0 amide bonds. The predicted octanol–water partition coefficient (Wildman–Crippen LogP) is 5.61. The molecule has 0 bridgehead atoms. The van der Waals surface area contributed by atoms with Crippen LogP contribution in [0.5, 0.6) is 0 Å². The van der Waals surface area contributed by atoms with Crippen LogP contribution in [0.15, 0.2) is 64.9 Å². The van der Waals surface area contributed by atoms with Gasteiger partial charge in [-0.3, -0.25) is 9.36 Å². The highest BCUT2D eigenvalue weighted by Gasteiger charge is 2.20. The minimum absolute atomic E-state index is 0.0210. The number of carbonyl (C=O) groups excluding carboxylic acids is 1. The average molecular weight is 465 g/mol. The van der Waals surface area contributed by atoms with Crippen LogP contribution in [0.3, 0.4) is 0 Å². The van der Waals surface area contributed by atoms with E-state index in [1.807, 2.05) is 37.5 Å². The van der Waals surface area contributed by atoms with Gasteiger partial charge in [0.1, 0.15) is 11.6 Å². The van der Waals surface area contributed by atoms with Crippen LogP contribution in [0.4, 0.5) is 4.39 Å². The van der Waals surface area contributed by atoms with Crippen LogP contribution in [0.1, 0.15) is 33.1 Å². The number of Topliss-reactive ketones (excluding diaryl/α,β-unsaturated/α-hetero) is 1. The fourth-order valence-corrected chi connectivity index (χ4v) is 4.64. The summed E-state index contributed by atoms with van der Waals surface area (Å²) in [6, 6.07) is 10.2. The highest BCUT2D eigenvalue weighted by atomic mass is 32.2. The lowest BCUT2D eigenvalue weighted by atomic mass is 10.2. The molecule has 170 valence electrons. The molecule has 4 aromatic rings. The first-order chi connectivity index (χ1) is 15.9. The molecule has 0 atom stereocenters. The van der Waals surface area contributed by atoms with E-state index in [2.05, 4.69) is 21.3 Å². The molecule has 4 rings (SSSR count). The zero-order chi connectivity index (χ0) is 23.5. The van der Waals surface area contributed by atoms with E-state index in [-0.39, 0.29) is 17.4 Å². The standard InChI is InChI=1S/C25H25FN4O2S/c1-5-11-29-24(21-10-12-32-18(21)4)27-28-25(29)33-15-23(31)22-13-16(2)30(17(22)3)14-19-6-8-20(26)9-7-19/h5-10,12-13H,1,11,14-15H2,2-4H3. The van der Waals surface area contributed by atoms with Crippen molar-refractivity contribution in [3.05, 3.63) is 89.4 Å². The number of hydrogen-bond acceptors (Lipinski definition) is 5. The van der Waals surface area contributed by atoms with Crippen LogP contribution in [-0.4, -0.2) is 30.9 Å². The minimum Gasteiger partial charge on any atom is -0.469 e. The van der Waals surface area contributed by atoms with Gasteiger partial charge in [-0.2, -0.15) is 0 Å². The fraction of sp³-hybridized carbons (Fsp3) is 0.240. The number of allylic oxidation sites excluding steroid dienone is 1. The summed E-state index contributed by atoms with van der Waals surface area (Å²) >= 11 is 1.35. The molecule has 8 heteroatoms. The van der Waals surface area contributed by atoms with E-state index in [1.165, 1.54) is 23.9 Å². The Balaban J connectivity index is 1.52. The molecule has 0 N–H and O–H groups in total. The smallest absolute Gasteiger partial charge is 0.192 e. The molecule has 0 saturated carbocycles. The van der Waals surface area contributed by atoms with Gasteiger partial charge >= 0.3 is 0 Å². The summed E-state index contributed by atoms with van der Waals surface area (Å²) in [5, 5.41) is 9.28. The van der Waals surface area contributed by atoms with Crippen LogP contribution in [-0.2, 0) is 13.1 Å². The molecule has 0 aliphatic heterocycles. The molecule has 0 aliphatic carbocycles. The van der Waals surface area contributed by atoms with Crippen molar-refractivity contribution in [3.8, 4) is 11.4 Å². The van der Waals surface area contributed by atoms with E-state index in [9.17, 15) is 9.18 Å². The van der Waals surface area contributed by atoms with Crippen LogP contribution < -0.4 is 0 Å². The van der Waals surface area contributed by atoms with Gasteiger partial charge in [-0.1, -0.05) is 30.0 Å². The van der Waals surface area contributed by atoms with Gasteiger partial charge < -0.3 is 8.98 Å². The maximum absolute atomic E-state index is 13.2. The molecular formula is C25H25FN4O2S. The van der Waals surface area contributed by atoms with Crippen molar-refractivity contribution >= 4 is 17.5 Å². The molecule has 6 nitrogen and oxygen atoms in total. The van der Waals surface area contributed by atoms with E-state index in [0.29, 0.717) is 29.6 Å². The van der Waals surface area contributed by atoms with Crippen LogP contribution in [0.25, 0.3) is 11.4 Å². The highest BCUT2D eigenvalue weighted by Crippen LogP contribution is 2.28. The predicted molar refractivity (Wildman–Crippen MR) is 127 cm³/mol. The Morgan fingerprint density at radius 1 is 1.15 bits per heavy atom. The van der Waals surface area contributed by atoms with Crippen molar-refractivity contribution in [2.45, 2.75) is 39.0 Å². The van der Waals surface area contributed by atoms with Gasteiger partial charge in [0.25, 0.3) is 0 Å². The molecule has 0 unspecified atom stereocenters. The SMILES string of the molecule is C=CCn1c(SCC(=O)c2cc(C)n(Cc3ccc(F)cc3)c2C)nnc1-c1ccoc1C. The monoisotopic (exact) mass is 464 g/mol. The van der Waals surface area contributed by atoms with Gasteiger partial charge in [-0.05, 0) is 50.6 Å². The molecule has 1 aromatic carbocycles.